The average molecular weight is 659 g/mol. The summed E-state index contributed by atoms with van der Waals surface area (Å²) in [6.45, 7) is 1.50. The fourth-order valence-electron chi connectivity index (χ4n) is 6.01. The Hall–Kier alpha value is -4.58. The van der Waals surface area contributed by atoms with Gasteiger partial charge in [-0.2, -0.15) is 18.3 Å². The predicted molar refractivity (Wildman–Crippen MR) is 139 cm³/mol. The SMILES string of the molecule is Cc1nonc1C(=O)N[C@H](c1cn2ncc(C[C@@]3(c4nc(C(F)F)co4)C[C@@H](C(F)(F)F)NC3=O)cc2n1)C1CCC(F)(F)CC1. The molecule has 3 atom stereocenters. The number of aryl methyl sites for hydroxylation is 1. The first-order valence-electron chi connectivity index (χ1n) is 14.1. The molecular weight excluding hydrogens is 633 g/mol. The molecule has 2 amide bonds. The second-order valence-electron chi connectivity index (χ2n) is 11.6. The number of nitrogens with one attached hydrogen (secondary N) is 2. The number of halogens is 7. The van der Waals surface area contributed by atoms with Crippen molar-refractivity contribution in [3.05, 3.63) is 59.0 Å². The van der Waals surface area contributed by atoms with Crippen LogP contribution in [0.25, 0.3) is 5.65 Å². The highest BCUT2D eigenvalue weighted by atomic mass is 19.4. The quantitative estimate of drug-likeness (QED) is 0.259. The zero-order valence-electron chi connectivity index (χ0n) is 23.8. The Morgan fingerprint density at radius 1 is 1.17 bits per heavy atom. The lowest BCUT2D eigenvalue weighted by Gasteiger charge is -2.33. The molecule has 5 heterocycles. The molecule has 1 saturated heterocycles. The third-order valence-electron chi connectivity index (χ3n) is 8.45. The maximum Gasteiger partial charge on any atom is 0.408 e. The van der Waals surface area contributed by atoms with Gasteiger partial charge in [0, 0.05) is 12.8 Å². The molecule has 1 saturated carbocycles. The topological polar surface area (TPSA) is 153 Å². The Bertz CT molecular complexity index is 1760. The Kier molecular flexibility index (Phi) is 7.74. The number of alkyl halides is 7. The lowest BCUT2D eigenvalue weighted by molar-refractivity contribution is -0.155. The van der Waals surface area contributed by atoms with Gasteiger partial charge in [-0.1, -0.05) is 5.16 Å². The van der Waals surface area contributed by atoms with Gasteiger partial charge in [0.1, 0.15) is 29.1 Å². The standard InChI is InChI=1S/C27H25F7N8O4/c1-12-19(41-46-40-12)22(43)39-20(14-2-4-26(30,31)5-3-14)15-10-42-18(36-15)6-13(9-35-42)7-25(24-37-16(11-45-24)21(28)29)8-17(27(32,33)34)38-23(25)44/h6,9-11,14,17,20-21H,2-5,7-8H2,1H3,(H,38,44)(H,39,43)/t17-,20-,25+/m0/s1. The lowest BCUT2D eigenvalue weighted by atomic mass is 9.79. The number of carbonyl (C=O) groups is 2. The van der Waals surface area contributed by atoms with E-state index in [9.17, 15) is 40.3 Å². The van der Waals surface area contributed by atoms with Crippen LogP contribution in [-0.4, -0.2) is 59.9 Å². The van der Waals surface area contributed by atoms with Crippen LogP contribution in [0.3, 0.4) is 0 Å². The molecule has 2 aliphatic rings. The number of carbonyl (C=O) groups excluding carboxylic acids is 2. The molecule has 0 aromatic carbocycles. The third kappa shape index (κ3) is 5.89. The molecule has 0 unspecified atom stereocenters. The van der Waals surface area contributed by atoms with E-state index in [1.165, 1.54) is 29.9 Å². The maximum atomic E-state index is 14.0. The first kappa shape index (κ1) is 31.4. The molecule has 1 aliphatic heterocycles. The first-order valence-corrected chi connectivity index (χ1v) is 14.1. The van der Waals surface area contributed by atoms with Crippen molar-refractivity contribution >= 4 is 17.5 Å². The molecule has 0 spiro atoms. The van der Waals surface area contributed by atoms with Crippen molar-refractivity contribution in [3.8, 4) is 0 Å². The minimum Gasteiger partial charge on any atom is -0.447 e. The number of nitrogens with zero attached hydrogens (tertiary/aromatic N) is 6. The molecule has 1 aliphatic carbocycles. The fraction of sp³-hybridized carbons (Fsp3) is 0.519. The maximum absolute atomic E-state index is 14.0. The first-order chi connectivity index (χ1) is 21.6. The van der Waals surface area contributed by atoms with Crippen molar-refractivity contribution in [3.63, 3.8) is 0 Å². The summed E-state index contributed by atoms with van der Waals surface area (Å²) in [4.78, 5) is 34.3. The van der Waals surface area contributed by atoms with Crippen molar-refractivity contribution in [1.29, 1.82) is 0 Å². The van der Waals surface area contributed by atoms with Gasteiger partial charge < -0.3 is 15.1 Å². The Labute approximate surface area is 254 Å². The van der Waals surface area contributed by atoms with Crippen LogP contribution in [-0.2, 0) is 16.6 Å². The van der Waals surface area contributed by atoms with Crippen LogP contribution in [0.15, 0.2) is 33.8 Å². The van der Waals surface area contributed by atoms with Crippen LogP contribution < -0.4 is 10.6 Å². The summed E-state index contributed by atoms with van der Waals surface area (Å²) < 4.78 is 107. The monoisotopic (exact) mass is 658 g/mol. The molecule has 6 rings (SSSR count). The van der Waals surface area contributed by atoms with E-state index in [2.05, 4.69) is 35.3 Å². The second kappa shape index (κ2) is 11.3. The molecule has 0 bridgehead atoms. The summed E-state index contributed by atoms with van der Waals surface area (Å²) in [5.74, 6) is -5.69. The Morgan fingerprint density at radius 2 is 1.91 bits per heavy atom. The predicted octanol–water partition coefficient (Wildman–Crippen LogP) is 4.57. The van der Waals surface area contributed by atoms with Crippen molar-refractivity contribution in [2.75, 3.05) is 0 Å². The summed E-state index contributed by atoms with van der Waals surface area (Å²) in [5.41, 5.74) is -2.24. The minimum atomic E-state index is -4.83. The smallest absolute Gasteiger partial charge is 0.408 e. The van der Waals surface area contributed by atoms with Gasteiger partial charge >= 0.3 is 6.18 Å². The number of rotatable bonds is 8. The molecule has 4 aromatic heterocycles. The van der Waals surface area contributed by atoms with Gasteiger partial charge in [-0.3, -0.25) is 9.59 Å². The normalized spacial score (nSPS) is 22.8. The van der Waals surface area contributed by atoms with E-state index in [1.54, 1.807) is 0 Å². The van der Waals surface area contributed by atoms with E-state index in [0.29, 0.717) is 6.26 Å². The highest BCUT2D eigenvalue weighted by Crippen LogP contribution is 2.43. The van der Waals surface area contributed by atoms with E-state index >= 15 is 0 Å². The van der Waals surface area contributed by atoms with Crippen LogP contribution in [0, 0.1) is 12.8 Å². The van der Waals surface area contributed by atoms with Crippen LogP contribution in [0.2, 0.25) is 0 Å². The number of aromatic nitrogens is 6. The van der Waals surface area contributed by atoms with E-state index in [1.807, 2.05) is 5.32 Å². The van der Waals surface area contributed by atoms with E-state index in [4.69, 9.17) is 4.42 Å². The highest BCUT2D eigenvalue weighted by Gasteiger charge is 2.59. The van der Waals surface area contributed by atoms with Gasteiger partial charge in [-0.25, -0.2) is 36.7 Å². The number of hydrogen-bond acceptors (Lipinski definition) is 9. The number of imidazole rings is 1. The van der Waals surface area contributed by atoms with Crippen molar-refractivity contribution in [1.82, 2.24) is 40.5 Å². The molecule has 2 N–H and O–H groups in total. The zero-order chi connectivity index (χ0) is 33.0. The molecule has 0 radical (unpaired) electrons. The number of hydrogen-bond donors (Lipinski definition) is 2. The van der Waals surface area contributed by atoms with Crippen molar-refractivity contribution in [2.45, 2.75) is 81.5 Å². The van der Waals surface area contributed by atoms with Gasteiger partial charge in [0.15, 0.2) is 11.3 Å². The molecule has 46 heavy (non-hydrogen) atoms. The number of oxazole rings is 1. The van der Waals surface area contributed by atoms with E-state index < -0.39 is 91.0 Å². The third-order valence-corrected chi connectivity index (χ3v) is 8.45. The number of fused-ring (bicyclic) bond motifs is 1. The zero-order valence-corrected chi connectivity index (χ0v) is 23.8. The summed E-state index contributed by atoms with van der Waals surface area (Å²) in [7, 11) is 0. The lowest BCUT2D eigenvalue weighted by Crippen LogP contribution is -2.40. The summed E-state index contributed by atoms with van der Waals surface area (Å²) in [6, 6.07) is -1.74. The van der Waals surface area contributed by atoms with Crippen LogP contribution in [0.5, 0.6) is 0 Å². The highest BCUT2D eigenvalue weighted by molar-refractivity contribution is 5.93. The summed E-state index contributed by atoms with van der Waals surface area (Å²) >= 11 is 0. The van der Waals surface area contributed by atoms with E-state index in [-0.39, 0.29) is 41.1 Å². The minimum absolute atomic E-state index is 0.0648. The molecule has 246 valence electrons. The van der Waals surface area contributed by atoms with Gasteiger partial charge in [-0.15, -0.1) is 0 Å². The number of amides is 2. The van der Waals surface area contributed by atoms with Crippen molar-refractivity contribution < 1.29 is 49.4 Å². The molecule has 4 aromatic rings. The van der Waals surface area contributed by atoms with Crippen LogP contribution in [0.4, 0.5) is 30.7 Å². The molecule has 12 nitrogen and oxygen atoms in total. The summed E-state index contributed by atoms with van der Waals surface area (Å²) in [6.07, 6.45) is -6.63. The Morgan fingerprint density at radius 3 is 2.52 bits per heavy atom. The second-order valence-corrected chi connectivity index (χ2v) is 11.6. The van der Waals surface area contributed by atoms with Gasteiger partial charge in [-0.05, 0) is 55.3 Å². The van der Waals surface area contributed by atoms with Crippen molar-refractivity contribution in [2.24, 2.45) is 5.92 Å². The van der Waals surface area contributed by atoms with Gasteiger partial charge in [0.25, 0.3) is 12.3 Å². The molecular formula is C27H25F7N8O4. The van der Waals surface area contributed by atoms with Gasteiger partial charge in [0.2, 0.25) is 17.7 Å². The molecule has 19 heteroatoms. The summed E-state index contributed by atoms with van der Waals surface area (Å²) in [5, 5.41) is 16.1. The largest absolute Gasteiger partial charge is 0.447 e. The fourth-order valence-corrected chi connectivity index (χ4v) is 6.01. The van der Waals surface area contributed by atoms with Gasteiger partial charge in [0.05, 0.1) is 24.1 Å². The average Bonchev–Trinajstić information content (AvgIpc) is 3.78. The Balaban J connectivity index is 1.33. The van der Waals surface area contributed by atoms with E-state index in [0.717, 1.165) is 0 Å². The van der Waals surface area contributed by atoms with Crippen LogP contribution in [0.1, 0.15) is 83.6 Å². The molecule has 2 fully saturated rings. The van der Waals surface area contributed by atoms with Crippen LogP contribution >= 0.6 is 0 Å².